The van der Waals surface area contributed by atoms with Crippen molar-refractivity contribution in [1.82, 2.24) is 0 Å². The van der Waals surface area contributed by atoms with Gasteiger partial charge in [0.2, 0.25) is 5.91 Å². The van der Waals surface area contributed by atoms with Crippen LogP contribution in [-0.2, 0) is 4.79 Å². The van der Waals surface area contributed by atoms with Crippen molar-refractivity contribution in [1.29, 1.82) is 0 Å². The van der Waals surface area contributed by atoms with Crippen molar-refractivity contribution in [2.24, 2.45) is 11.7 Å². The van der Waals surface area contributed by atoms with Gasteiger partial charge in [-0.3, -0.25) is 4.79 Å². The number of amides is 1. The molecule has 0 saturated carbocycles. The number of hydrogen-bond donors (Lipinski definition) is 3. The van der Waals surface area contributed by atoms with Crippen LogP contribution in [0.25, 0.3) is 0 Å². The van der Waals surface area contributed by atoms with E-state index in [1.165, 1.54) is 6.08 Å². The normalized spacial score (nSPS) is 21.9. The Morgan fingerprint density at radius 2 is 2.31 bits per heavy atom. The van der Waals surface area contributed by atoms with Crippen LogP contribution >= 0.6 is 11.6 Å². The predicted molar refractivity (Wildman–Crippen MR) is 49.5 cm³/mol. The molecule has 6 heteroatoms. The summed E-state index contributed by atoms with van der Waals surface area (Å²) in [7, 11) is -1.66. The zero-order chi connectivity index (χ0) is 10.0. The monoisotopic (exact) mass is 201 g/mol. The van der Waals surface area contributed by atoms with Crippen LogP contribution in [0.1, 0.15) is 6.42 Å². The molecule has 4 nitrogen and oxygen atoms in total. The molecule has 1 amide bonds. The molecule has 0 aromatic carbocycles. The molecule has 1 atom stereocenters. The maximum absolute atomic E-state index is 10.8. The molecule has 0 spiro atoms. The van der Waals surface area contributed by atoms with E-state index >= 15 is 0 Å². The number of primary amides is 1. The third-order valence-electron chi connectivity index (χ3n) is 1.85. The van der Waals surface area contributed by atoms with Crippen molar-refractivity contribution in [2.45, 2.75) is 6.42 Å². The largest absolute Gasteiger partial charge is 0.489 e. The number of halogens is 1. The highest BCUT2D eigenvalue weighted by atomic mass is 35.5. The highest BCUT2D eigenvalue weighted by Gasteiger charge is 2.25. The topological polar surface area (TPSA) is 83.6 Å². The van der Waals surface area contributed by atoms with Crippen molar-refractivity contribution in [2.75, 3.05) is 0 Å². The summed E-state index contributed by atoms with van der Waals surface area (Å²) in [5.74, 6) is -1.00. The molecule has 1 aliphatic rings. The standard InChI is InChI=1S/C7H9BClNO3/c9-6-2-1-4(7(10)11)3-5(6)8(12)13/h2-4,12-13H,1H2,(H2,10,11). The van der Waals surface area contributed by atoms with Crippen LogP contribution < -0.4 is 5.73 Å². The van der Waals surface area contributed by atoms with E-state index in [4.69, 9.17) is 27.4 Å². The Bertz CT molecular complexity index is 287. The first-order valence-corrected chi connectivity index (χ1v) is 4.13. The van der Waals surface area contributed by atoms with Gasteiger partial charge in [0.05, 0.1) is 5.92 Å². The van der Waals surface area contributed by atoms with Crippen molar-refractivity contribution in [3.8, 4) is 0 Å². The van der Waals surface area contributed by atoms with Gasteiger partial charge in [0.25, 0.3) is 0 Å². The smallest absolute Gasteiger partial charge is 0.423 e. The van der Waals surface area contributed by atoms with E-state index in [1.807, 2.05) is 0 Å². The molecule has 0 saturated heterocycles. The average molecular weight is 201 g/mol. The molecule has 0 heterocycles. The maximum atomic E-state index is 10.8. The van der Waals surface area contributed by atoms with Crippen molar-refractivity contribution in [3.05, 3.63) is 22.7 Å². The minimum Gasteiger partial charge on any atom is -0.423 e. The Morgan fingerprint density at radius 1 is 1.69 bits per heavy atom. The van der Waals surface area contributed by atoms with Crippen LogP contribution in [0.3, 0.4) is 0 Å². The molecule has 0 radical (unpaired) electrons. The number of hydrogen-bond acceptors (Lipinski definition) is 3. The van der Waals surface area contributed by atoms with Crippen molar-refractivity contribution >= 4 is 24.6 Å². The highest BCUT2D eigenvalue weighted by molar-refractivity contribution is 6.57. The minimum atomic E-state index is -1.66. The maximum Gasteiger partial charge on any atom is 0.489 e. The van der Waals surface area contributed by atoms with Gasteiger partial charge in [-0.25, -0.2) is 0 Å². The van der Waals surface area contributed by atoms with E-state index in [0.717, 1.165) is 0 Å². The van der Waals surface area contributed by atoms with Crippen LogP contribution in [0.15, 0.2) is 22.7 Å². The molecule has 13 heavy (non-hydrogen) atoms. The first kappa shape index (κ1) is 10.3. The van der Waals surface area contributed by atoms with Gasteiger partial charge in [0, 0.05) is 5.03 Å². The molecule has 1 unspecified atom stereocenters. The lowest BCUT2D eigenvalue weighted by Crippen LogP contribution is -2.26. The van der Waals surface area contributed by atoms with Crippen LogP contribution in [0.2, 0.25) is 0 Å². The lowest BCUT2D eigenvalue weighted by atomic mass is 9.74. The summed E-state index contributed by atoms with van der Waals surface area (Å²) in [5.41, 5.74) is 5.19. The fourth-order valence-electron chi connectivity index (χ4n) is 1.12. The van der Waals surface area contributed by atoms with E-state index in [9.17, 15) is 4.79 Å². The van der Waals surface area contributed by atoms with Gasteiger partial charge in [-0.05, 0) is 11.9 Å². The summed E-state index contributed by atoms with van der Waals surface area (Å²) in [6.07, 6.45) is 3.34. The van der Waals surface area contributed by atoms with Gasteiger partial charge in [0.15, 0.2) is 0 Å². The average Bonchev–Trinajstić information content (AvgIpc) is 2.04. The third-order valence-corrected chi connectivity index (χ3v) is 2.22. The second-order valence-electron chi connectivity index (χ2n) is 2.79. The molecule has 0 fully saturated rings. The summed E-state index contributed by atoms with van der Waals surface area (Å²) in [6.45, 7) is 0. The number of carbonyl (C=O) groups excluding carboxylic acids is 1. The van der Waals surface area contributed by atoms with Crippen molar-refractivity contribution in [3.63, 3.8) is 0 Å². The van der Waals surface area contributed by atoms with Crippen LogP contribution in [-0.4, -0.2) is 23.1 Å². The first-order valence-electron chi connectivity index (χ1n) is 3.75. The molecule has 70 valence electrons. The van der Waals surface area contributed by atoms with Gasteiger partial charge in [-0.15, -0.1) is 0 Å². The SMILES string of the molecule is NC(=O)C1C=C(B(O)O)C(Cl)=CC1. The Labute approximate surface area is 80.8 Å². The molecule has 1 rings (SSSR count). The van der Waals surface area contributed by atoms with E-state index in [1.54, 1.807) is 6.08 Å². The Morgan fingerprint density at radius 3 is 2.77 bits per heavy atom. The molecular formula is C7H9BClNO3. The van der Waals surface area contributed by atoms with Gasteiger partial charge in [0.1, 0.15) is 0 Å². The molecule has 0 bridgehead atoms. The second-order valence-corrected chi connectivity index (χ2v) is 3.20. The fourth-order valence-corrected chi connectivity index (χ4v) is 1.37. The number of allylic oxidation sites excluding steroid dienone is 3. The van der Waals surface area contributed by atoms with Gasteiger partial charge < -0.3 is 15.8 Å². The number of carbonyl (C=O) groups is 1. The molecular weight excluding hydrogens is 192 g/mol. The summed E-state index contributed by atoms with van der Waals surface area (Å²) < 4.78 is 0. The summed E-state index contributed by atoms with van der Waals surface area (Å²) in [6, 6.07) is 0. The van der Waals surface area contributed by atoms with Gasteiger partial charge in [-0.1, -0.05) is 23.8 Å². The third kappa shape index (κ3) is 2.34. The van der Waals surface area contributed by atoms with Gasteiger partial charge >= 0.3 is 7.12 Å². The van der Waals surface area contributed by atoms with E-state index in [-0.39, 0.29) is 10.5 Å². The summed E-state index contributed by atoms with van der Waals surface area (Å²) in [4.78, 5) is 10.8. The van der Waals surface area contributed by atoms with Crippen LogP contribution in [0.4, 0.5) is 0 Å². The van der Waals surface area contributed by atoms with Crippen LogP contribution in [0, 0.1) is 5.92 Å². The van der Waals surface area contributed by atoms with E-state index < -0.39 is 18.9 Å². The molecule has 1 aliphatic carbocycles. The molecule has 0 aromatic heterocycles. The molecule has 4 N–H and O–H groups in total. The molecule has 0 aromatic rings. The zero-order valence-corrected chi connectivity index (χ0v) is 7.53. The first-order chi connectivity index (χ1) is 6.02. The predicted octanol–water partition coefficient (Wildman–Crippen LogP) is -0.447. The van der Waals surface area contributed by atoms with Crippen LogP contribution in [0.5, 0.6) is 0 Å². The lowest BCUT2D eigenvalue weighted by Gasteiger charge is -2.15. The summed E-state index contributed by atoms with van der Waals surface area (Å²) in [5, 5.41) is 18.0. The van der Waals surface area contributed by atoms with E-state index in [0.29, 0.717) is 6.42 Å². The number of nitrogens with two attached hydrogens (primary N) is 1. The quantitative estimate of drug-likeness (QED) is 0.529. The Kier molecular flexibility index (Phi) is 3.14. The fraction of sp³-hybridized carbons (Fsp3) is 0.286. The Balaban J connectivity index is 2.88. The van der Waals surface area contributed by atoms with Gasteiger partial charge in [-0.2, -0.15) is 0 Å². The van der Waals surface area contributed by atoms with E-state index in [2.05, 4.69) is 0 Å². The lowest BCUT2D eigenvalue weighted by molar-refractivity contribution is -0.120. The number of rotatable bonds is 2. The molecule has 0 aliphatic heterocycles. The van der Waals surface area contributed by atoms with Crippen molar-refractivity contribution < 1.29 is 14.8 Å². The Hall–Kier alpha value is -0.775. The minimum absolute atomic E-state index is 0.136. The summed E-state index contributed by atoms with van der Waals surface area (Å²) >= 11 is 5.67. The highest BCUT2D eigenvalue weighted by Crippen LogP contribution is 2.25. The second kappa shape index (κ2) is 3.96. The zero-order valence-electron chi connectivity index (χ0n) is 6.77.